The molecule has 0 spiro atoms. The van der Waals surface area contributed by atoms with Gasteiger partial charge in [-0.15, -0.1) is 11.3 Å². The summed E-state index contributed by atoms with van der Waals surface area (Å²) in [6.45, 7) is 9.21. The molecule has 35 heavy (non-hydrogen) atoms. The molecule has 10 heteroatoms. The van der Waals surface area contributed by atoms with E-state index in [1.54, 1.807) is 31.2 Å². The molecular weight excluding hydrogens is 466 g/mol. The van der Waals surface area contributed by atoms with Gasteiger partial charge in [-0.2, -0.15) is 5.26 Å². The Kier molecular flexibility index (Phi) is 9.80. The van der Waals surface area contributed by atoms with Gasteiger partial charge in [0.2, 0.25) is 5.91 Å². The zero-order valence-corrected chi connectivity index (χ0v) is 21.6. The van der Waals surface area contributed by atoms with Crippen LogP contribution in [0.5, 0.6) is 0 Å². The number of anilines is 2. The van der Waals surface area contributed by atoms with Crippen molar-refractivity contribution in [1.29, 1.82) is 5.26 Å². The topological polar surface area (TPSA) is 136 Å². The molecule has 1 atom stereocenters. The molecule has 0 radical (unpaired) electrons. The summed E-state index contributed by atoms with van der Waals surface area (Å²) in [6, 6.07) is 8.54. The van der Waals surface area contributed by atoms with Gasteiger partial charge in [-0.25, -0.2) is 0 Å². The lowest BCUT2D eigenvalue weighted by Crippen LogP contribution is -2.40. The van der Waals surface area contributed by atoms with Crippen molar-refractivity contribution < 1.29 is 14.7 Å². The summed E-state index contributed by atoms with van der Waals surface area (Å²) in [4.78, 5) is 37.9. The molecule has 1 heterocycles. The van der Waals surface area contributed by atoms with Crippen molar-refractivity contribution >= 4 is 46.3 Å². The Morgan fingerprint density at radius 3 is 2.51 bits per heavy atom. The molecule has 0 bridgehead atoms. The highest BCUT2D eigenvalue weighted by Gasteiger charge is 2.21. The van der Waals surface area contributed by atoms with Crippen molar-refractivity contribution in [3.63, 3.8) is 0 Å². The first-order chi connectivity index (χ1) is 16.5. The van der Waals surface area contributed by atoms with Crippen LogP contribution >= 0.6 is 11.3 Å². The van der Waals surface area contributed by atoms with Crippen molar-refractivity contribution in [2.45, 2.75) is 60.0 Å². The van der Waals surface area contributed by atoms with E-state index < -0.39 is 17.4 Å². The van der Waals surface area contributed by atoms with Crippen LogP contribution in [0.3, 0.4) is 0 Å². The molecule has 2 rings (SSSR count). The van der Waals surface area contributed by atoms with E-state index in [0.29, 0.717) is 22.3 Å². The van der Waals surface area contributed by atoms with E-state index in [-0.39, 0.29) is 34.9 Å². The molecule has 0 aliphatic heterocycles. The molecule has 0 saturated carbocycles. The Labute approximate surface area is 208 Å². The van der Waals surface area contributed by atoms with Gasteiger partial charge in [-0.1, -0.05) is 40.2 Å². The van der Waals surface area contributed by atoms with Crippen LogP contribution in [-0.4, -0.2) is 34.1 Å². The number of hydrogen-bond acceptors (Lipinski definition) is 7. The minimum atomic E-state index is -0.620. The third-order valence-electron chi connectivity index (χ3n) is 5.14. The van der Waals surface area contributed by atoms with Gasteiger partial charge in [-0.3, -0.25) is 19.0 Å². The summed E-state index contributed by atoms with van der Waals surface area (Å²) in [6.07, 6.45) is 2.86. The lowest BCUT2D eigenvalue weighted by molar-refractivity contribution is -0.123. The first-order valence-electron chi connectivity index (χ1n) is 11.5. The van der Waals surface area contributed by atoms with Crippen LogP contribution in [0.1, 0.15) is 47.5 Å². The van der Waals surface area contributed by atoms with E-state index in [4.69, 9.17) is 0 Å². The van der Waals surface area contributed by atoms with E-state index in [2.05, 4.69) is 16.0 Å². The third kappa shape index (κ3) is 7.28. The van der Waals surface area contributed by atoms with E-state index in [1.165, 1.54) is 10.8 Å². The molecule has 2 amide bonds. The normalized spacial score (nSPS) is 13.6. The number of hydrogen-bond donors (Lipinski definition) is 4. The maximum absolute atomic E-state index is 12.9. The number of amides is 2. The Balaban J connectivity index is 2.42. The van der Waals surface area contributed by atoms with E-state index >= 15 is 0 Å². The number of thiazole rings is 1. The predicted molar refractivity (Wildman–Crippen MR) is 139 cm³/mol. The van der Waals surface area contributed by atoms with Gasteiger partial charge >= 0.3 is 0 Å². The second-order valence-corrected chi connectivity index (χ2v) is 10.1. The number of nitriles is 1. The van der Waals surface area contributed by atoms with Crippen LogP contribution in [0.2, 0.25) is 0 Å². The lowest BCUT2D eigenvalue weighted by atomic mass is 9.95. The van der Waals surface area contributed by atoms with E-state index in [1.807, 2.05) is 33.8 Å². The van der Waals surface area contributed by atoms with Crippen LogP contribution in [0, 0.1) is 16.7 Å². The van der Waals surface area contributed by atoms with Gasteiger partial charge in [0.25, 0.3) is 11.5 Å². The molecule has 1 aromatic carbocycles. The van der Waals surface area contributed by atoms with Crippen LogP contribution < -0.4 is 30.7 Å². The van der Waals surface area contributed by atoms with Crippen molar-refractivity contribution in [3.8, 4) is 6.07 Å². The summed E-state index contributed by atoms with van der Waals surface area (Å²) in [5, 5.41) is 27.7. The second kappa shape index (κ2) is 12.3. The number of nitrogens with zero attached hydrogens (tertiary/aromatic N) is 2. The Hall–Kier alpha value is -3.42. The van der Waals surface area contributed by atoms with Crippen molar-refractivity contribution in [3.05, 3.63) is 43.8 Å². The summed E-state index contributed by atoms with van der Waals surface area (Å²) >= 11 is 1.04. The fourth-order valence-electron chi connectivity index (χ4n) is 3.16. The van der Waals surface area contributed by atoms with E-state index in [9.17, 15) is 24.8 Å². The Bertz CT molecular complexity index is 1280. The van der Waals surface area contributed by atoms with Gasteiger partial charge in [0.05, 0.1) is 12.6 Å². The van der Waals surface area contributed by atoms with Crippen molar-refractivity contribution in [2.24, 2.45) is 5.41 Å². The Morgan fingerprint density at radius 1 is 1.26 bits per heavy atom. The van der Waals surface area contributed by atoms with Gasteiger partial charge in [-0.05, 0) is 31.5 Å². The lowest BCUT2D eigenvalue weighted by Gasteiger charge is -2.18. The highest BCUT2D eigenvalue weighted by atomic mass is 32.1. The molecule has 0 aliphatic carbocycles. The number of rotatable bonds is 9. The number of aliphatic hydroxyl groups is 1. The molecule has 1 unspecified atom stereocenters. The fourth-order valence-corrected chi connectivity index (χ4v) is 4.24. The molecule has 9 nitrogen and oxygen atoms in total. The quantitative estimate of drug-likeness (QED) is 0.415. The first-order valence-corrected chi connectivity index (χ1v) is 12.3. The van der Waals surface area contributed by atoms with Crippen LogP contribution in [0.15, 0.2) is 29.1 Å². The van der Waals surface area contributed by atoms with Gasteiger partial charge < -0.3 is 21.1 Å². The van der Waals surface area contributed by atoms with Gasteiger partial charge in [0.15, 0.2) is 5.57 Å². The minimum Gasteiger partial charge on any atom is -0.394 e. The highest BCUT2D eigenvalue weighted by Crippen LogP contribution is 2.20. The summed E-state index contributed by atoms with van der Waals surface area (Å²) in [5.74, 6) is -0.738. The zero-order chi connectivity index (χ0) is 26.2. The molecule has 0 aliphatic rings. The number of aromatic nitrogens is 1. The van der Waals surface area contributed by atoms with Crippen LogP contribution in [0.25, 0.3) is 11.8 Å². The summed E-state index contributed by atoms with van der Waals surface area (Å²) < 4.78 is 1.95. The Morgan fingerprint density at radius 2 is 1.94 bits per heavy atom. The minimum absolute atomic E-state index is 0.118. The van der Waals surface area contributed by atoms with Gasteiger partial charge in [0, 0.05) is 29.5 Å². The SMILES string of the molecule is CCCC(CO)NC(=O)/C(C#N)=c1\s/c(=C/Nc2cccc(NC(=O)C(C)(C)C)c2)c(=O)n1CC. The van der Waals surface area contributed by atoms with Crippen LogP contribution in [0.4, 0.5) is 11.4 Å². The van der Waals surface area contributed by atoms with E-state index in [0.717, 1.165) is 17.8 Å². The fraction of sp³-hybridized carbons (Fsp3) is 0.440. The average Bonchev–Trinajstić information content (AvgIpc) is 3.12. The largest absolute Gasteiger partial charge is 0.394 e. The molecule has 188 valence electrons. The maximum Gasteiger partial charge on any atom is 0.270 e. The molecule has 0 fully saturated rings. The number of carbonyl (C=O) groups is 2. The molecule has 2 aromatic rings. The monoisotopic (exact) mass is 499 g/mol. The standard InChI is InChI=1S/C25H33N5O4S/c1-6-9-18(15-31)28-21(32)19(13-26)23-30(7-2)22(33)20(35-23)14-27-16-10-8-11-17(12-16)29-24(34)25(3,4)5/h8,10-12,14,18,27,31H,6-7,9,15H2,1-5H3,(H,28,32)(H,29,34)/b20-14+,23-19-. The summed E-state index contributed by atoms with van der Waals surface area (Å²) in [7, 11) is 0. The maximum atomic E-state index is 12.9. The molecule has 0 saturated heterocycles. The molecular formula is C25H33N5O4S. The number of carbonyl (C=O) groups excluding carboxylic acids is 2. The zero-order valence-electron chi connectivity index (χ0n) is 20.8. The third-order valence-corrected chi connectivity index (χ3v) is 6.27. The molecule has 4 N–H and O–H groups in total. The average molecular weight is 500 g/mol. The predicted octanol–water partition coefficient (Wildman–Crippen LogP) is 1.72. The van der Waals surface area contributed by atoms with Crippen molar-refractivity contribution in [1.82, 2.24) is 9.88 Å². The molecule has 1 aromatic heterocycles. The van der Waals surface area contributed by atoms with Crippen LogP contribution in [-0.2, 0) is 16.1 Å². The number of benzene rings is 1. The smallest absolute Gasteiger partial charge is 0.270 e. The number of aliphatic hydroxyl groups excluding tert-OH is 1. The highest BCUT2D eigenvalue weighted by molar-refractivity contribution is 7.07. The second-order valence-electron chi connectivity index (χ2n) is 9.02. The summed E-state index contributed by atoms with van der Waals surface area (Å²) in [5.41, 5.74) is 0.230. The number of nitrogens with one attached hydrogen (secondary N) is 3. The van der Waals surface area contributed by atoms with Crippen molar-refractivity contribution in [2.75, 3.05) is 17.2 Å². The van der Waals surface area contributed by atoms with Gasteiger partial charge in [0.1, 0.15) is 15.3 Å². The first kappa shape index (κ1) is 27.8.